The predicted octanol–water partition coefficient (Wildman–Crippen LogP) is 2.29. The van der Waals surface area contributed by atoms with E-state index in [0.717, 1.165) is 5.75 Å². The molecule has 7 heteroatoms. The van der Waals surface area contributed by atoms with Gasteiger partial charge in [0, 0.05) is 22.7 Å². The van der Waals surface area contributed by atoms with Gasteiger partial charge in [-0.05, 0) is 23.8 Å². The molecule has 0 aliphatic carbocycles. The van der Waals surface area contributed by atoms with Crippen molar-refractivity contribution in [3.05, 3.63) is 29.3 Å². The Morgan fingerprint density at radius 2 is 2.05 bits per heavy atom. The van der Waals surface area contributed by atoms with Gasteiger partial charge in [0.25, 0.3) is 0 Å². The zero-order valence-electron chi connectivity index (χ0n) is 12.5. The number of nitrogens with zero attached hydrogens (tertiary/aromatic N) is 1. The second-order valence-electron chi connectivity index (χ2n) is 5.68. The molecule has 116 valence electrons. The maximum Gasteiger partial charge on any atom is 0.213 e. The number of anilines is 1. The van der Waals surface area contributed by atoms with Crippen molar-refractivity contribution >= 4 is 27.5 Å². The summed E-state index contributed by atoms with van der Waals surface area (Å²) in [6, 6.07) is 6.94. The van der Waals surface area contributed by atoms with E-state index >= 15 is 0 Å². The number of primary sulfonamides is 1. The lowest BCUT2D eigenvalue weighted by Crippen LogP contribution is -2.17. The molecule has 1 aromatic carbocycles. The van der Waals surface area contributed by atoms with Crippen molar-refractivity contribution in [3.8, 4) is 6.07 Å². The van der Waals surface area contributed by atoms with Gasteiger partial charge in [-0.3, -0.25) is 0 Å². The molecule has 0 heterocycles. The molecular formula is C14H21N3O2S2. The Bertz CT molecular complexity index is 629. The molecule has 3 N–H and O–H groups in total. The number of nitriles is 1. The minimum Gasteiger partial charge on any atom is -0.384 e. The molecule has 1 aromatic rings. The molecule has 0 fully saturated rings. The molecule has 0 saturated carbocycles. The lowest BCUT2D eigenvalue weighted by Gasteiger charge is -2.18. The molecular weight excluding hydrogens is 306 g/mol. The Morgan fingerprint density at radius 3 is 2.57 bits per heavy atom. The minimum atomic E-state index is -3.63. The van der Waals surface area contributed by atoms with Crippen molar-refractivity contribution < 1.29 is 8.42 Å². The van der Waals surface area contributed by atoms with Gasteiger partial charge < -0.3 is 5.32 Å². The third-order valence-electron chi connectivity index (χ3n) is 2.54. The van der Waals surface area contributed by atoms with Gasteiger partial charge >= 0.3 is 0 Å². The lowest BCUT2D eigenvalue weighted by atomic mass is 10.1. The second kappa shape index (κ2) is 7.16. The molecule has 0 saturated heterocycles. The lowest BCUT2D eigenvalue weighted by molar-refractivity contribution is 0.597. The van der Waals surface area contributed by atoms with Crippen LogP contribution in [-0.2, 0) is 15.8 Å². The smallest absolute Gasteiger partial charge is 0.213 e. The number of sulfonamides is 1. The quantitative estimate of drug-likeness (QED) is 0.782. The van der Waals surface area contributed by atoms with Crippen molar-refractivity contribution in [2.24, 2.45) is 5.14 Å². The van der Waals surface area contributed by atoms with Crippen LogP contribution in [0.2, 0.25) is 0 Å². The van der Waals surface area contributed by atoms with Crippen LogP contribution >= 0.6 is 11.8 Å². The van der Waals surface area contributed by atoms with Gasteiger partial charge in [0.05, 0.1) is 17.4 Å². The van der Waals surface area contributed by atoms with E-state index in [0.29, 0.717) is 23.4 Å². The van der Waals surface area contributed by atoms with Crippen LogP contribution in [0.25, 0.3) is 0 Å². The molecule has 0 radical (unpaired) electrons. The zero-order valence-corrected chi connectivity index (χ0v) is 14.1. The molecule has 0 aliphatic rings. The first-order valence-corrected chi connectivity index (χ1v) is 9.22. The minimum absolute atomic E-state index is 0.190. The highest BCUT2D eigenvalue weighted by molar-refractivity contribution is 8.00. The van der Waals surface area contributed by atoms with Crippen molar-refractivity contribution in [2.75, 3.05) is 17.6 Å². The summed E-state index contributed by atoms with van der Waals surface area (Å²) < 4.78 is 22.7. The highest BCUT2D eigenvalue weighted by atomic mass is 32.2. The average molecular weight is 327 g/mol. The number of rotatable bonds is 6. The third-order valence-corrected chi connectivity index (χ3v) is 4.53. The summed E-state index contributed by atoms with van der Waals surface area (Å²) in [5, 5.41) is 17.2. The summed E-state index contributed by atoms with van der Waals surface area (Å²) in [6.07, 6.45) is 0. The molecule has 0 aromatic heterocycles. The summed E-state index contributed by atoms with van der Waals surface area (Å²) in [7, 11) is -3.63. The van der Waals surface area contributed by atoms with E-state index in [2.05, 4.69) is 26.1 Å². The number of hydrogen-bond acceptors (Lipinski definition) is 5. The van der Waals surface area contributed by atoms with E-state index < -0.39 is 10.0 Å². The normalized spacial score (nSPS) is 12.0. The number of hydrogen-bond donors (Lipinski definition) is 2. The van der Waals surface area contributed by atoms with Gasteiger partial charge in [0.2, 0.25) is 10.0 Å². The Morgan fingerprint density at radius 1 is 1.38 bits per heavy atom. The number of nitrogens with one attached hydrogen (secondary N) is 1. The maximum atomic E-state index is 11.3. The first-order valence-electron chi connectivity index (χ1n) is 6.52. The van der Waals surface area contributed by atoms with Gasteiger partial charge in [-0.25, -0.2) is 13.6 Å². The van der Waals surface area contributed by atoms with Gasteiger partial charge in [0.15, 0.2) is 0 Å². The van der Waals surface area contributed by atoms with Gasteiger partial charge in [-0.1, -0.05) is 20.8 Å². The number of thioether (sulfide) groups is 1. The standard InChI is InChI=1S/C14H21N3O2S2/c1-14(2,3)20-7-6-17-13-5-4-11(9-15)8-12(13)10-21(16,18)19/h4-5,8,17H,6-7,10H2,1-3H3,(H2,16,18,19). The number of nitrogens with two attached hydrogens (primary N) is 1. The highest BCUT2D eigenvalue weighted by Crippen LogP contribution is 2.23. The molecule has 0 aliphatic heterocycles. The fourth-order valence-electron chi connectivity index (χ4n) is 1.71. The van der Waals surface area contributed by atoms with Crippen molar-refractivity contribution in [3.63, 3.8) is 0 Å². The van der Waals surface area contributed by atoms with Crippen LogP contribution in [0.3, 0.4) is 0 Å². The van der Waals surface area contributed by atoms with E-state index in [1.807, 2.05) is 17.8 Å². The molecule has 1 rings (SSSR count). The van der Waals surface area contributed by atoms with Gasteiger partial charge in [0.1, 0.15) is 0 Å². The Balaban J connectivity index is 2.79. The monoisotopic (exact) mass is 327 g/mol. The Kier molecular flexibility index (Phi) is 6.08. The highest BCUT2D eigenvalue weighted by Gasteiger charge is 2.12. The first kappa shape index (κ1) is 17.8. The average Bonchev–Trinajstić information content (AvgIpc) is 2.32. The van der Waals surface area contributed by atoms with Gasteiger partial charge in [-0.2, -0.15) is 17.0 Å². The fraction of sp³-hybridized carbons (Fsp3) is 0.500. The second-order valence-corrected chi connectivity index (χ2v) is 9.21. The van der Waals surface area contributed by atoms with E-state index in [-0.39, 0.29) is 10.5 Å². The number of benzene rings is 1. The van der Waals surface area contributed by atoms with E-state index in [1.165, 1.54) is 0 Å². The maximum absolute atomic E-state index is 11.3. The topological polar surface area (TPSA) is 96.0 Å². The zero-order chi connectivity index (χ0) is 16.1. The van der Waals surface area contributed by atoms with Gasteiger partial charge in [-0.15, -0.1) is 0 Å². The molecule has 0 unspecified atom stereocenters. The van der Waals surface area contributed by atoms with Crippen molar-refractivity contribution in [2.45, 2.75) is 31.3 Å². The largest absolute Gasteiger partial charge is 0.384 e. The van der Waals surface area contributed by atoms with Crippen LogP contribution in [0.5, 0.6) is 0 Å². The summed E-state index contributed by atoms with van der Waals surface area (Å²) in [6.45, 7) is 7.15. The summed E-state index contributed by atoms with van der Waals surface area (Å²) in [4.78, 5) is 0. The van der Waals surface area contributed by atoms with Crippen LogP contribution in [0.4, 0.5) is 5.69 Å². The fourth-order valence-corrected chi connectivity index (χ4v) is 3.20. The molecule has 0 atom stereocenters. The van der Waals surface area contributed by atoms with E-state index in [1.54, 1.807) is 18.2 Å². The van der Waals surface area contributed by atoms with Crippen LogP contribution < -0.4 is 10.5 Å². The first-order chi connectivity index (χ1) is 9.61. The van der Waals surface area contributed by atoms with Crippen LogP contribution in [-0.4, -0.2) is 25.5 Å². The molecule has 0 spiro atoms. The van der Waals surface area contributed by atoms with Crippen LogP contribution in [0.1, 0.15) is 31.9 Å². The summed E-state index contributed by atoms with van der Waals surface area (Å²) >= 11 is 1.82. The Hall–Kier alpha value is -1.23. The molecule has 5 nitrogen and oxygen atoms in total. The SMILES string of the molecule is CC(C)(C)SCCNc1ccc(C#N)cc1CS(N)(=O)=O. The van der Waals surface area contributed by atoms with Crippen molar-refractivity contribution in [1.82, 2.24) is 0 Å². The van der Waals surface area contributed by atoms with E-state index in [9.17, 15) is 8.42 Å². The predicted molar refractivity (Wildman–Crippen MR) is 88.7 cm³/mol. The van der Waals surface area contributed by atoms with Crippen LogP contribution in [0, 0.1) is 11.3 Å². The van der Waals surface area contributed by atoms with Crippen molar-refractivity contribution in [1.29, 1.82) is 5.26 Å². The van der Waals surface area contributed by atoms with Crippen LogP contribution in [0.15, 0.2) is 18.2 Å². The molecule has 0 amide bonds. The molecule has 0 bridgehead atoms. The summed E-state index contributed by atoms with van der Waals surface area (Å²) in [5.74, 6) is 0.621. The third kappa shape index (κ3) is 7.37. The Labute approximate surface area is 131 Å². The molecule has 21 heavy (non-hydrogen) atoms. The summed E-state index contributed by atoms with van der Waals surface area (Å²) in [5.41, 5.74) is 1.65. The van der Waals surface area contributed by atoms with E-state index in [4.69, 9.17) is 10.4 Å².